The summed E-state index contributed by atoms with van der Waals surface area (Å²) in [4.78, 5) is 0. The minimum absolute atomic E-state index is 0.430. The van der Waals surface area contributed by atoms with Crippen LogP contribution in [-0.4, -0.2) is 45.6 Å². The molecule has 0 aromatic rings. The first kappa shape index (κ1) is 19.0. The van der Waals surface area contributed by atoms with E-state index in [2.05, 4.69) is 67.5 Å². The molecule has 0 N–H and O–H groups in total. The fraction of sp³-hybridized carbons (Fsp3) is 0.650. The summed E-state index contributed by atoms with van der Waals surface area (Å²) in [7, 11) is 0.493. The largest absolute Gasteiger partial charge is 0.382 e. The van der Waals surface area contributed by atoms with Crippen LogP contribution in [0, 0.1) is 23.3 Å². The smallest absolute Gasteiger partial charge is 0.129 e. The molecule has 0 aromatic carbocycles. The SMILES string of the molecule is COC[C@@H]1CCCN1/N=C/C1=CC=C[C@@H](CC#C[Si](C)(C)C)[C@@H]1C. The van der Waals surface area contributed by atoms with Gasteiger partial charge in [-0.1, -0.05) is 44.8 Å². The van der Waals surface area contributed by atoms with Crippen LogP contribution in [0.15, 0.2) is 28.9 Å². The third-order valence-corrected chi connectivity index (χ3v) is 5.60. The Balaban J connectivity index is 1.96. The highest BCUT2D eigenvalue weighted by atomic mass is 28.3. The minimum Gasteiger partial charge on any atom is -0.382 e. The molecule has 0 saturated carbocycles. The summed E-state index contributed by atoms with van der Waals surface area (Å²) in [5.41, 5.74) is 4.79. The van der Waals surface area contributed by atoms with Crippen LogP contribution in [-0.2, 0) is 4.74 Å². The van der Waals surface area contributed by atoms with Gasteiger partial charge in [-0.2, -0.15) is 5.10 Å². The summed E-state index contributed by atoms with van der Waals surface area (Å²) in [6, 6.07) is 0.430. The quantitative estimate of drug-likeness (QED) is 0.426. The number of allylic oxidation sites excluding steroid dienone is 4. The van der Waals surface area contributed by atoms with Gasteiger partial charge in [0.1, 0.15) is 8.07 Å². The lowest BCUT2D eigenvalue weighted by Gasteiger charge is -2.25. The van der Waals surface area contributed by atoms with Gasteiger partial charge < -0.3 is 4.74 Å². The fourth-order valence-electron chi connectivity index (χ4n) is 3.19. The van der Waals surface area contributed by atoms with Crippen LogP contribution in [0.4, 0.5) is 0 Å². The lowest BCUT2D eigenvalue weighted by Crippen LogP contribution is -2.28. The Kier molecular flexibility index (Phi) is 6.88. The standard InChI is InChI=1S/C20H32N2OSi/c1-17-18(11-8-14-24(3,4)5)9-6-10-19(17)15-21-22-13-7-12-20(22)16-23-2/h6,9-10,15,17-18,20H,7,11-13,16H2,1-5H3/b21-15+/t17-,18-,20-/m0/s1. The molecule has 3 atom stereocenters. The van der Waals surface area contributed by atoms with Crippen molar-refractivity contribution in [2.45, 2.75) is 51.9 Å². The highest BCUT2D eigenvalue weighted by molar-refractivity contribution is 6.83. The first-order chi connectivity index (χ1) is 11.4. The number of nitrogens with zero attached hydrogens (tertiary/aromatic N) is 2. The van der Waals surface area contributed by atoms with Crippen molar-refractivity contribution in [3.05, 3.63) is 23.8 Å². The van der Waals surface area contributed by atoms with Crippen molar-refractivity contribution in [2.75, 3.05) is 20.3 Å². The van der Waals surface area contributed by atoms with Crippen LogP contribution < -0.4 is 0 Å². The maximum absolute atomic E-state index is 5.30. The van der Waals surface area contributed by atoms with Crippen molar-refractivity contribution < 1.29 is 4.74 Å². The Morgan fingerprint density at radius 3 is 2.92 bits per heavy atom. The van der Waals surface area contributed by atoms with Crippen LogP contribution >= 0.6 is 0 Å². The molecule has 0 bridgehead atoms. The molecule has 0 radical (unpaired) electrons. The molecule has 1 heterocycles. The zero-order valence-corrected chi connectivity index (χ0v) is 16.9. The summed E-state index contributed by atoms with van der Waals surface area (Å²) < 4.78 is 5.30. The van der Waals surface area contributed by atoms with Crippen LogP contribution in [0.25, 0.3) is 0 Å². The van der Waals surface area contributed by atoms with E-state index in [0.29, 0.717) is 17.9 Å². The molecule has 0 spiro atoms. The van der Waals surface area contributed by atoms with Gasteiger partial charge >= 0.3 is 0 Å². The van der Waals surface area contributed by atoms with Gasteiger partial charge in [-0.15, -0.1) is 11.5 Å². The summed E-state index contributed by atoms with van der Waals surface area (Å²) in [6.07, 6.45) is 12.0. The summed E-state index contributed by atoms with van der Waals surface area (Å²) in [5, 5.41) is 6.94. The first-order valence-electron chi connectivity index (χ1n) is 9.08. The minimum atomic E-state index is -1.27. The number of ether oxygens (including phenoxy) is 1. The average molecular weight is 345 g/mol. The molecule has 4 heteroatoms. The number of rotatable bonds is 5. The monoisotopic (exact) mass is 344 g/mol. The molecule has 0 aromatic heterocycles. The molecule has 3 nitrogen and oxygen atoms in total. The van der Waals surface area contributed by atoms with Crippen LogP contribution in [0.2, 0.25) is 19.6 Å². The van der Waals surface area contributed by atoms with E-state index < -0.39 is 8.07 Å². The summed E-state index contributed by atoms with van der Waals surface area (Å²) >= 11 is 0. The van der Waals surface area contributed by atoms with E-state index >= 15 is 0 Å². The van der Waals surface area contributed by atoms with Crippen molar-refractivity contribution in [1.29, 1.82) is 0 Å². The number of hydrogen-bond acceptors (Lipinski definition) is 3. The second-order valence-electron chi connectivity index (χ2n) is 7.92. The zero-order chi connectivity index (χ0) is 17.6. The molecule has 24 heavy (non-hydrogen) atoms. The van der Waals surface area contributed by atoms with Crippen molar-refractivity contribution in [3.8, 4) is 11.5 Å². The van der Waals surface area contributed by atoms with E-state index in [-0.39, 0.29) is 0 Å². The van der Waals surface area contributed by atoms with Gasteiger partial charge in [0.25, 0.3) is 0 Å². The van der Waals surface area contributed by atoms with Gasteiger partial charge in [-0.25, -0.2) is 0 Å². The van der Waals surface area contributed by atoms with Crippen molar-refractivity contribution in [3.63, 3.8) is 0 Å². The molecule has 2 rings (SSSR count). The molecule has 1 aliphatic carbocycles. The Hall–Kier alpha value is -1.31. The highest BCUT2D eigenvalue weighted by Crippen LogP contribution is 2.28. The third-order valence-electron chi connectivity index (χ3n) is 4.68. The lowest BCUT2D eigenvalue weighted by molar-refractivity contribution is 0.118. The Morgan fingerprint density at radius 1 is 1.42 bits per heavy atom. The molecule has 1 fully saturated rings. The Labute approximate surface area is 148 Å². The fourth-order valence-corrected chi connectivity index (χ4v) is 3.82. The Morgan fingerprint density at radius 2 is 2.21 bits per heavy atom. The zero-order valence-electron chi connectivity index (χ0n) is 15.9. The predicted octanol–water partition coefficient (Wildman–Crippen LogP) is 4.10. The van der Waals surface area contributed by atoms with Gasteiger partial charge in [0.05, 0.1) is 18.9 Å². The molecule has 0 unspecified atom stereocenters. The first-order valence-corrected chi connectivity index (χ1v) is 12.6. The third kappa shape index (κ3) is 5.65. The number of hydrogen-bond donors (Lipinski definition) is 0. The molecular formula is C20H32N2OSi. The van der Waals surface area contributed by atoms with Crippen LogP contribution in [0.5, 0.6) is 0 Å². The van der Waals surface area contributed by atoms with Crippen LogP contribution in [0.1, 0.15) is 26.2 Å². The van der Waals surface area contributed by atoms with E-state index in [1.165, 1.54) is 18.4 Å². The van der Waals surface area contributed by atoms with E-state index in [0.717, 1.165) is 19.6 Å². The topological polar surface area (TPSA) is 24.8 Å². The average Bonchev–Trinajstić information content (AvgIpc) is 2.94. The second-order valence-corrected chi connectivity index (χ2v) is 12.7. The van der Waals surface area contributed by atoms with E-state index in [1.807, 2.05) is 0 Å². The molecule has 1 aliphatic heterocycles. The maximum Gasteiger partial charge on any atom is 0.129 e. The lowest BCUT2D eigenvalue weighted by atomic mass is 9.82. The van der Waals surface area contributed by atoms with Crippen molar-refractivity contribution >= 4 is 14.3 Å². The van der Waals surface area contributed by atoms with Crippen LogP contribution in [0.3, 0.4) is 0 Å². The molecule has 132 valence electrons. The summed E-state index contributed by atoms with van der Waals surface area (Å²) in [6.45, 7) is 11.0. The van der Waals surface area contributed by atoms with Crippen molar-refractivity contribution in [1.82, 2.24) is 5.01 Å². The normalized spacial score (nSPS) is 27.3. The highest BCUT2D eigenvalue weighted by Gasteiger charge is 2.24. The molecule has 1 saturated heterocycles. The molecule has 2 aliphatic rings. The van der Waals surface area contributed by atoms with E-state index in [1.54, 1.807) is 7.11 Å². The number of methoxy groups -OCH3 is 1. The van der Waals surface area contributed by atoms with Gasteiger partial charge in [0.15, 0.2) is 0 Å². The van der Waals surface area contributed by atoms with E-state index in [9.17, 15) is 0 Å². The number of hydrazone groups is 1. The van der Waals surface area contributed by atoms with Gasteiger partial charge in [0.2, 0.25) is 0 Å². The van der Waals surface area contributed by atoms with E-state index in [4.69, 9.17) is 9.84 Å². The van der Waals surface area contributed by atoms with Gasteiger partial charge in [-0.3, -0.25) is 5.01 Å². The van der Waals surface area contributed by atoms with Gasteiger partial charge in [0, 0.05) is 20.1 Å². The van der Waals surface area contributed by atoms with Gasteiger partial charge in [-0.05, 0) is 30.3 Å². The Bertz CT molecular complexity index is 562. The molecular weight excluding hydrogens is 312 g/mol. The molecule has 0 amide bonds. The maximum atomic E-state index is 5.30. The predicted molar refractivity (Wildman–Crippen MR) is 106 cm³/mol. The van der Waals surface area contributed by atoms with Crippen molar-refractivity contribution in [2.24, 2.45) is 16.9 Å². The summed E-state index contributed by atoms with van der Waals surface area (Å²) in [5.74, 6) is 4.39. The second kappa shape index (κ2) is 8.69.